The lowest BCUT2D eigenvalue weighted by Gasteiger charge is -2.31. The third-order valence-electron chi connectivity index (χ3n) is 5.82. The predicted molar refractivity (Wildman–Crippen MR) is 133 cm³/mol. The van der Waals surface area contributed by atoms with Crippen LogP contribution in [-0.4, -0.2) is 49.0 Å². The van der Waals surface area contributed by atoms with E-state index in [1.54, 1.807) is 17.0 Å². The van der Waals surface area contributed by atoms with Crippen LogP contribution in [0.4, 0.5) is 15.9 Å². The average molecular weight is 449 g/mol. The van der Waals surface area contributed by atoms with E-state index in [0.29, 0.717) is 18.7 Å². The fourth-order valence-corrected chi connectivity index (χ4v) is 3.85. The first-order chi connectivity index (χ1) is 15.9. The number of halogens is 1. The number of aromatic nitrogens is 1. The van der Waals surface area contributed by atoms with Gasteiger partial charge in [0.05, 0.1) is 12.6 Å². The highest BCUT2D eigenvalue weighted by atomic mass is 19.1. The van der Waals surface area contributed by atoms with E-state index in [4.69, 9.17) is 0 Å². The molecule has 174 valence electrons. The van der Waals surface area contributed by atoms with Crippen LogP contribution in [0.15, 0.2) is 72.9 Å². The van der Waals surface area contributed by atoms with Crippen LogP contribution in [0.2, 0.25) is 0 Å². The molecule has 3 rings (SSSR count). The van der Waals surface area contributed by atoms with Gasteiger partial charge in [0.25, 0.3) is 0 Å². The molecule has 1 aromatic heterocycles. The van der Waals surface area contributed by atoms with Gasteiger partial charge < -0.3 is 9.80 Å². The second kappa shape index (κ2) is 11.6. The second-order valence-electron chi connectivity index (χ2n) is 8.27. The topological polar surface area (TPSA) is 39.7 Å². The number of benzene rings is 2. The molecule has 1 heterocycles. The van der Waals surface area contributed by atoms with Crippen LogP contribution in [0.3, 0.4) is 0 Å². The first-order valence-electron chi connectivity index (χ1n) is 11.4. The Bertz CT molecular complexity index is 1000. The van der Waals surface area contributed by atoms with Crippen molar-refractivity contribution in [3.05, 3.63) is 89.9 Å². The van der Waals surface area contributed by atoms with E-state index in [1.165, 1.54) is 12.1 Å². The molecule has 0 saturated heterocycles. The Hall–Kier alpha value is -3.25. The smallest absolute Gasteiger partial charge is 0.244 e. The number of hydrogen-bond donors (Lipinski definition) is 0. The van der Waals surface area contributed by atoms with Gasteiger partial charge >= 0.3 is 0 Å². The minimum atomic E-state index is -0.361. The van der Waals surface area contributed by atoms with E-state index in [9.17, 15) is 9.18 Å². The van der Waals surface area contributed by atoms with Gasteiger partial charge in [0, 0.05) is 25.0 Å². The van der Waals surface area contributed by atoms with Crippen LogP contribution >= 0.6 is 0 Å². The molecule has 33 heavy (non-hydrogen) atoms. The summed E-state index contributed by atoms with van der Waals surface area (Å²) in [5, 5.41) is 0. The molecule has 0 fully saturated rings. The number of nitrogens with zero attached hydrogens (tertiary/aromatic N) is 4. The summed E-state index contributed by atoms with van der Waals surface area (Å²) < 4.78 is 13.6. The average Bonchev–Trinajstić information content (AvgIpc) is 2.83. The van der Waals surface area contributed by atoms with Gasteiger partial charge in [0.2, 0.25) is 5.91 Å². The van der Waals surface area contributed by atoms with E-state index >= 15 is 0 Å². The molecule has 3 aromatic rings. The van der Waals surface area contributed by atoms with Crippen molar-refractivity contribution in [3.8, 4) is 0 Å². The quantitative estimate of drug-likeness (QED) is 0.448. The maximum atomic E-state index is 13.8. The molecule has 1 amide bonds. The summed E-state index contributed by atoms with van der Waals surface area (Å²) in [7, 11) is 3.82. The lowest BCUT2D eigenvalue weighted by Crippen LogP contribution is -2.47. The molecule has 0 aliphatic carbocycles. The highest BCUT2D eigenvalue weighted by Gasteiger charge is 2.28. The first kappa shape index (κ1) is 24.4. The number of carbonyl (C=O) groups excluding carboxylic acids is 1. The van der Waals surface area contributed by atoms with Crippen molar-refractivity contribution in [2.75, 3.05) is 37.0 Å². The fourth-order valence-electron chi connectivity index (χ4n) is 3.85. The van der Waals surface area contributed by atoms with Crippen LogP contribution in [0.25, 0.3) is 0 Å². The van der Waals surface area contributed by atoms with Gasteiger partial charge in [-0.2, -0.15) is 0 Å². The van der Waals surface area contributed by atoms with E-state index in [2.05, 4.69) is 23.7 Å². The Morgan fingerprint density at radius 2 is 1.58 bits per heavy atom. The van der Waals surface area contributed by atoms with Crippen molar-refractivity contribution >= 4 is 17.4 Å². The SMILES string of the molecule is CCN(CC)c1ccc(CN(C(=O)C(Cc2ccccc2)N(C)C)c2ccc(F)cc2)cn1. The summed E-state index contributed by atoms with van der Waals surface area (Å²) in [6.45, 7) is 6.32. The van der Waals surface area contributed by atoms with Crippen LogP contribution in [0.5, 0.6) is 0 Å². The number of likely N-dealkylation sites (N-methyl/N-ethyl adjacent to an activating group) is 1. The Morgan fingerprint density at radius 1 is 0.909 bits per heavy atom. The first-order valence-corrected chi connectivity index (χ1v) is 11.4. The van der Waals surface area contributed by atoms with Crippen molar-refractivity contribution in [2.45, 2.75) is 32.9 Å². The monoisotopic (exact) mass is 448 g/mol. The van der Waals surface area contributed by atoms with Crippen LogP contribution in [-0.2, 0) is 17.8 Å². The highest BCUT2D eigenvalue weighted by molar-refractivity contribution is 5.97. The van der Waals surface area contributed by atoms with Crippen molar-refractivity contribution in [1.82, 2.24) is 9.88 Å². The molecular formula is C27H33FN4O. The zero-order valence-electron chi connectivity index (χ0n) is 19.9. The van der Waals surface area contributed by atoms with Crippen molar-refractivity contribution in [2.24, 2.45) is 0 Å². The summed E-state index contributed by atoms with van der Waals surface area (Å²) in [6.07, 6.45) is 2.41. The molecule has 5 nitrogen and oxygen atoms in total. The lowest BCUT2D eigenvalue weighted by molar-refractivity contribution is -0.123. The molecule has 0 spiro atoms. The van der Waals surface area contributed by atoms with Gasteiger partial charge in [-0.05, 0) is 75.8 Å². The molecule has 0 N–H and O–H groups in total. The fraction of sp³-hybridized carbons (Fsp3) is 0.333. The Morgan fingerprint density at radius 3 is 2.12 bits per heavy atom. The number of carbonyl (C=O) groups is 1. The summed E-state index contributed by atoms with van der Waals surface area (Å²) in [5.74, 6) is 0.548. The van der Waals surface area contributed by atoms with E-state index in [1.807, 2.05) is 67.7 Å². The van der Waals surface area contributed by atoms with Gasteiger partial charge in [-0.25, -0.2) is 9.37 Å². The maximum absolute atomic E-state index is 13.8. The van der Waals surface area contributed by atoms with Gasteiger partial charge in [0.15, 0.2) is 0 Å². The molecule has 0 aliphatic rings. The zero-order chi connectivity index (χ0) is 23.8. The predicted octanol–water partition coefficient (Wildman–Crippen LogP) is 4.77. The van der Waals surface area contributed by atoms with Gasteiger partial charge in [-0.15, -0.1) is 0 Å². The second-order valence-corrected chi connectivity index (χ2v) is 8.27. The van der Waals surface area contributed by atoms with Crippen molar-refractivity contribution < 1.29 is 9.18 Å². The van der Waals surface area contributed by atoms with E-state index in [0.717, 1.165) is 30.0 Å². The van der Waals surface area contributed by atoms with Crippen molar-refractivity contribution in [3.63, 3.8) is 0 Å². The third kappa shape index (κ3) is 6.39. The Balaban J connectivity index is 1.90. The molecule has 6 heteroatoms. The molecule has 0 saturated carbocycles. The zero-order valence-corrected chi connectivity index (χ0v) is 19.9. The van der Waals surface area contributed by atoms with Gasteiger partial charge in [-0.3, -0.25) is 9.69 Å². The van der Waals surface area contributed by atoms with E-state index < -0.39 is 0 Å². The molecule has 1 unspecified atom stereocenters. The molecule has 0 aliphatic heterocycles. The number of amides is 1. The summed E-state index contributed by atoms with van der Waals surface area (Å²) in [5.41, 5.74) is 2.67. The van der Waals surface area contributed by atoms with Crippen molar-refractivity contribution in [1.29, 1.82) is 0 Å². The molecule has 2 aromatic carbocycles. The summed E-state index contributed by atoms with van der Waals surface area (Å²) >= 11 is 0. The summed E-state index contributed by atoms with van der Waals surface area (Å²) in [6, 6.07) is 19.7. The lowest BCUT2D eigenvalue weighted by atomic mass is 10.0. The van der Waals surface area contributed by atoms with Crippen LogP contribution in [0, 0.1) is 5.82 Å². The molecule has 0 radical (unpaired) electrons. The minimum absolute atomic E-state index is 0.0386. The third-order valence-corrected chi connectivity index (χ3v) is 5.82. The molecular weight excluding hydrogens is 415 g/mol. The van der Waals surface area contributed by atoms with Crippen LogP contribution in [0.1, 0.15) is 25.0 Å². The van der Waals surface area contributed by atoms with Gasteiger partial charge in [0.1, 0.15) is 11.6 Å². The minimum Gasteiger partial charge on any atom is -0.357 e. The number of hydrogen-bond acceptors (Lipinski definition) is 4. The number of rotatable bonds is 10. The standard InChI is InChI=1S/C27H33FN4O/c1-5-31(6-2)26-17-12-22(19-29-26)20-32(24-15-13-23(28)14-16-24)27(33)25(30(3)4)18-21-10-8-7-9-11-21/h7-17,19,25H,5-6,18,20H2,1-4H3. The normalized spacial score (nSPS) is 11.9. The Kier molecular flexibility index (Phi) is 8.55. The Labute approximate surface area is 196 Å². The molecule has 0 bridgehead atoms. The number of pyridine rings is 1. The highest BCUT2D eigenvalue weighted by Crippen LogP contribution is 2.22. The maximum Gasteiger partial charge on any atom is 0.244 e. The largest absolute Gasteiger partial charge is 0.357 e. The number of anilines is 2. The van der Waals surface area contributed by atoms with E-state index in [-0.39, 0.29) is 17.8 Å². The summed E-state index contributed by atoms with van der Waals surface area (Å²) in [4.78, 5) is 24.3. The molecule has 1 atom stereocenters. The van der Waals surface area contributed by atoms with Gasteiger partial charge in [-0.1, -0.05) is 36.4 Å². The van der Waals surface area contributed by atoms with Crippen LogP contribution < -0.4 is 9.80 Å².